The molecule has 2 heteroatoms. The summed E-state index contributed by atoms with van der Waals surface area (Å²) in [5, 5.41) is 0. The third-order valence-corrected chi connectivity index (χ3v) is 3.08. The molecule has 54 valence electrons. The van der Waals surface area contributed by atoms with E-state index in [1.165, 1.54) is 24.5 Å². The third kappa shape index (κ3) is 1.87. The average molecular weight is 145 g/mol. The van der Waals surface area contributed by atoms with Gasteiger partial charge in [0.2, 0.25) is 0 Å². The van der Waals surface area contributed by atoms with E-state index in [-0.39, 0.29) is 0 Å². The normalized spacial score (nSPS) is 30.7. The molecule has 1 atom stereocenters. The second-order valence-corrected chi connectivity index (χ2v) is 3.77. The van der Waals surface area contributed by atoms with Gasteiger partial charge in [0.1, 0.15) is 0 Å². The van der Waals surface area contributed by atoms with Crippen molar-refractivity contribution in [3.63, 3.8) is 0 Å². The summed E-state index contributed by atoms with van der Waals surface area (Å²) in [7, 11) is 2.23. The molecule has 1 rings (SSSR count). The maximum absolute atomic E-state index is 2.47. The molecule has 0 aromatic heterocycles. The first-order valence-corrected chi connectivity index (χ1v) is 4.78. The van der Waals surface area contributed by atoms with Crippen LogP contribution < -0.4 is 0 Å². The Morgan fingerprint density at radius 1 is 1.67 bits per heavy atom. The maximum Gasteiger partial charge on any atom is 0.0181 e. The molecule has 1 aliphatic heterocycles. The van der Waals surface area contributed by atoms with E-state index in [9.17, 15) is 0 Å². The Kier molecular flexibility index (Phi) is 2.86. The summed E-state index contributed by atoms with van der Waals surface area (Å²) in [5.41, 5.74) is 0. The Bertz CT molecular complexity index is 85.0. The molecule has 1 aliphatic rings. The van der Waals surface area contributed by atoms with Crippen molar-refractivity contribution in [2.45, 2.75) is 19.4 Å². The number of nitrogens with zero attached hydrogens (tertiary/aromatic N) is 1. The van der Waals surface area contributed by atoms with Crippen LogP contribution in [0.1, 0.15) is 13.3 Å². The SMILES string of the molecule is CCC1CSCCN1C. The van der Waals surface area contributed by atoms with Crippen LogP contribution in [0, 0.1) is 0 Å². The number of hydrogen-bond acceptors (Lipinski definition) is 2. The zero-order chi connectivity index (χ0) is 6.69. The van der Waals surface area contributed by atoms with Crippen molar-refractivity contribution < 1.29 is 0 Å². The first kappa shape index (κ1) is 7.42. The Morgan fingerprint density at radius 3 is 2.89 bits per heavy atom. The minimum atomic E-state index is 0.851. The van der Waals surface area contributed by atoms with Crippen LogP contribution in [0.25, 0.3) is 0 Å². The van der Waals surface area contributed by atoms with Gasteiger partial charge in [-0.05, 0) is 13.5 Å². The quantitative estimate of drug-likeness (QED) is 0.549. The molecule has 0 bridgehead atoms. The van der Waals surface area contributed by atoms with Crippen LogP contribution in [-0.4, -0.2) is 36.0 Å². The molecule has 9 heavy (non-hydrogen) atoms. The third-order valence-electron chi connectivity index (χ3n) is 1.99. The Morgan fingerprint density at radius 2 is 2.44 bits per heavy atom. The van der Waals surface area contributed by atoms with E-state index >= 15 is 0 Å². The van der Waals surface area contributed by atoms with Crippen molar-refractivity contribution in [3.8, 4) is 0 Å². The maximum atomic E-state index is 2.47. The first-order chi connectivity index (χ1) is 4.34. The van der Waals surface area contributed by atoms with E-state index in [0.717, 1.165) is 6.04 Å². The van der Waals surface area contributed by atoms with E-state index in [0.29, 0.717) is 0 Å². The van der Waals surface area contributed by atoms with Gasteiger partial charge in [0.25, 0.3) is 0 Å². The van der Waals surface area contributed by atoms with Crippen LogP contribution in [0.3, 0.4) is 0 Å². The Hall–Kier alpha value is 0.310. The molecule has 1 unspecified atom stereocenters. The van der Waals surface area contributed by atoms with Gasteiger partial charge >= 0.3 is 0 Å². The lowest BCUT2D eigenvalue weighted by molar-refractivity contribution is 0.264. The van der Waals surface area contributed by atoms with Crippen LogP contribution in [0.5, 0.6) is 0 Å². The van der Waals surface area contributed by atoms with Crippen molar-refractivity contribution in [2.75, 3.05) is 25.1 Å². The van der Waals surface area contributed by atoms with Crippen molar-refractivity contribution in [3.05, 3.63) is 0 Å². The second-order valence-electron chi connectivity index (χ2n) is 2.62. The molecular weight excluding hydrogens is 130 g/mol. The highest BCUT2D eigenvalue weighted by Gasteiger charge is 2.16. The van der Waals surface area contributed by atoms with Gasteiger partial charge in [0, 0.05) is 24.1 Å². The van der Waals surface area contributed by atoms with Crippen molar-refractivity contribution in [1.29, 1.82) is 0 Å². The number of hydrogen-bond donors (Lipinski definition) is 0. The molecule has 0 saturated carbocycles. The summed E-state index contributed by atoms with van der Waals surface area (Å²) in [6.07, 6.45) is 1.31. The highest BCUT2D eigenvalue weighted by atomic mass is 32.2. The summed E-state index contributed by atoms with van der Waals surface area (Å²) < 4.78 is 0. The highest BCUT2D eigenvalue weighted by molar-refractivity contribution is 7.99. The van der Waals surface area contributed by atoms with Gasteiger partial charge in [-0.3, -0.25) is 0 Å². The molecule has 0 aliphatic carbocycles. The molecule has 0 radical (unpaired) electrons. The number of thioether (sulfide) groups is 1. The monoisotopic (exact) mass is 145 g/mol. The van der Waals surface area contributed by atoms with E-state index in [4.69, 9.17) is 0 Å². The van der Waals surface area contributed by atoms with Crippen molar-refractivity contribution in [1.82, 2.24) is 4.90 Å². The fourth-order valence-electron chi connectivity index (χ4n) is 1.17. The summed E-state index contributed by atoms with van der Waals surface area (Å²) in [4.78, 5) is 2.47. The summed E-state index contributed by atoms with van der Waals surface area (Å²) in [5.74, 6) is 2.67. The predicted octanol–water partition coefficient (Wildman–Crippen LogP) is 1.44. The summed E-state index contributed by atoms with van der Waals surface area (Å²) in [6.45, 7) is 3.55. The molecule has 1 heterocycles. The van der Waals surface area contributed by atoms with Gasteiger partial charge in [0.15, 0.2) is 0 Å². The standard InChI is InChI=1S/C7H15NS/c1-3-7-6-9-5-4-8(7)2/h7H,3-6H2,1-2H3. The van der Waals surface area contributed by atoms with Crippen LogP contribution in [0.4, 0.5) is 0 Å². The molecule has 0 amide bonds. The molecule has 1 nitrogen and oxygen atoms in total. The zero-order valence-electron chi connectivity index (χ0n) is 6.26. The van der Waals surface area contributed by atoms with Crippen LogP contribution in [-0.2, 0) is 0 Å². The van der Waals surface area contributed by atoms with Gasteiger partial charge in [-0.1, -0.05) is 6.92 Å². The van der Waals surface area contributed by atoms with E-state index in [2.05, 4.69) is 30.6 Å². The molecule has 1 fully saturated rings. The lowest BCUT2D eigenvalue weighted by Crippen LogP contribution is -2.38. The minimum absolute atomic E-state index is 0.851. The van der Waals surface area contributed by atoms with Gasteiger partial charge in [-0.15, -0.1) is 0 Å². The lowest BCUT2D eigenvalue weighted by Gasteiger charge is -2.30. The van der Waals surface area contributed by atoms with Crippen molar-refractivity contribution >= 4 is 11.8 Å². The first-order valence-electron chi connectivity index (χ1n) is 3.62. The smallest absolute Gasteiger partial charge is 0.0181 e. The minimum Gasteiger partial charge on any atom is -0.302 e. The van der Waals surface area contributed by atoms with E-state index < -0.39 is 0 Å². The van der Waals surface area contributed by atoms with Gasteiger partial charge in [0.05, 0.1) is 0 Å². The lowest BCUT2D eigenvalue weighted by atomic mass is 10.2. The summed E-state index contributed by atoms with van der Waals surface area (Å²) >= 11 is 2.09. The van der Waals surface area contributed by atoms with Crippen LogP contribution in [0.2, 0.25) is 0 Å². The van der Waals surface area contributed by atoms with E-state index in [1.807, 2.05) is 0 Å². The molecule has 0 aromatic carbocycles. The number of rotatable bonds is 1. The largest absolute Gasteiger partial charge is 0.302 e. The van der Waals surface area contributed by atoms with E-state index in [1.54, 1.807) is 0 Å². The second kappa shape index (κ2) is 3.47. The fourth-order valence-corrected chi connectivity index (χ4v) is 2.51. The topological polar surface area (TPSA) is 3.24 Å². The molecule has 0 N–H and O–H groups in total. The molecule has 0 spiro atoms. The van der Waals surface area contributed by atoms with Gasteiger partial charge in [-0.25, -0.2) is 0 Å². The van der Waals surface area contributed by atoms with Gasteiger partial charge < -0.3 is 4.90 Å². The highest BCUT2D eigenvalue weighted by Crippen LogP contribution is 2.16. The van der Waals surface area contributed by atoms with Crippen LogP contribution in [0.15, 0.2) is 0 Å². The molecule has 0 aromatic rings. The average Bonchev–Trinajstić information content (AvgIpc) is 1.89. The van der Waals surface area contributed by atoms with Gasteiger partial charge in [-0.2, -0.15) is 11.8 Å². The zero-order valence-corrected chi connectivity index (χ0v) is 7.08. The Balaban J connectivity index is 2.30. The molecule has 1 saturated heterocycles. The fraction of sp³-hybridized carbons (Fsp3) is 1.00. The summed E-state index contributed by atoms with van der Waals surface area (Å²) in [6, 6.07) is 0.851. The van der Waals surface area contributed by atoms with Crippen LogP contribution >= 0.6 is 11.8 Å². The predicted molar refractivity (Wildman–Crippen MR) is 44.0 cm³/mol. The Labute approximate surface area is 61.8 Å². The van der Waals surface area contributed by atoms with Crippen molar-refractivity contribution in [2.24, 2.45) is 0 Å². The molecular formula is C7H15NS.